The molecule has 1 aliphatic heterocycles. The first-order valence-electron chi connectivity index (χ1n) is 9.33. The van der Waals surface area contributed by atoms with E-state index in [1.165, 1.54) is 23.1 Å². The fourth-order valence-electron chi connectivity index (χ4n) is 3.28. The molecule has 11 nitrogen and oxygen atoms in total. The largest absolute Gasteiger partial charge is 0.417 e. The van der Waals surface area contributed by atoms with Crippen molar-refractivity contribution >= 4 is 52.5 Å². The molecule has 168 valence electrons. The zero-order chi connectivity index (χ0) is 22.1. The monoisotopic (exact) mass is 461 g/mol. The van der Waals surface area contributed by atoms with E-state index in [9.17, 15) is 19.5 Å². The van der Waals surface area contributed by atoms with Crippen LogP contribution in [0, 0.1) is 5.41 Å². The molecular formula is C20H20ClN5O6. The molecule has 32 heavy (non-hydrogen) atoms. The predicted molar refractivity (Wildman–Crippen MR) is 118 cm³/mol. The number of H-pyrrole nitrogens is 1. The van der Waals surface area contributed by atoms with Crippen LogP contribution in [-0.2, 0) is 14.3 Å². The van der Waals surface area contributed by atoms with E-state index in [4.69, 9.17) is 20.3 Å². The quantitative estimate of drug-likeness (QED) is 0.272. The van der Waals surface area contributed by atoms with Crippen molar-refractivity contribution in [1.29, 1.82) is 5.41 Å². The van der Waals surface area contributed by atoms with E-state index in [-0.39, 0.29) is 37.0 Å². The highest BCUT2D eigenvalue weighted by molar-refractivity contribution is 6.04. The molecule has 1 unspecified atom stereocenters. The van der Waals surface area contributed by atoms with Crippen molar-refractivity contribution in [2.24, 2.45) is 5.73 Å². The minimum absolute atomic E-state index is 0. The van der Waals surface area contributed by atoms with E-state index in [0.29, 0.717) is 22.5 Å². The van der Waals surface area contributed by atoms with Crippen LogP contribution in [0.5, 0.6) is 0 Å². The minimum atomic E-state index is -1.75. The molecule has 0 radical (unpaired) electrons. The topological polar surface area (TPSA) is 175 Å². The molecule has 1 aromatic heterocycles. The van der Waals surface area contributed by atoms with Gasteiger partial charge >= 0.3 is 5.76 Å². The number of halogens is 1. The Morgan fingerprint density at radius 2 is 1.97 bits per heavy atom. The number of hydrogen-bond acceptors (Lipinski definition) is 7. The van der Waals surface area contributed by atoms with Crippen molar-refractivity contribution in [3.05, 3.63) is 58.6 Å². The number of amides is 2. The Kier molecular flexibility index (Phi) is 6.63. The smallest absolute Gasteiger partial charge is 0.408 e. The van der Waals surface area contributed by atoms with Crippen molar-refractivity contribution in [1.82, 2.24) is 4.98 Å². The number of aromatic amines is 1. The normalized spacial score (nSPS) is 17.0. The lowest BCUT2D eigenvalue weighted by Gasteiger charge is -2.34. The number of aromatic nitrogens is 1. The zero-order valence-electron chi connectivity index (χ0n) is 16.5. The molecule has 2 heterocycles. The third-order valence-electron chi connectivity index (χ3n) is 4.86. The van der Waals surface area contributed by atoms with Crippen molar-refractivity contribution in [2.45, 2.75) is 12.2 Å². The number of nitrogens with two attached hydrogens (primary N) is 1. The number of carbonyl (C=O) groups excluding carboxylic acids is 2. The molecule has 1 aliphatic rings. The molecule has 1 fully saturated rings. The van der Waals surface area contributed by atoms with Gasteiger partial charge in [0, 0.05) is 29.5 Å². The van der Waals surface area contributed by atoms with Crippen LogP contribution >= 0.6 is 12.4 Å². The molecule has 0 spiro atoms. The van der Waals surface area contributed by atoms with Crippen LogP contribution in [0.3, 0.4) is 0 Å². The van der Waals surface area contributed by atoms with Gasteiger partial charge < -0.3 is 30.2 Å². The second-order valence-corrected chi connectivity index (χ2v) is 6.90. The lowest BCUT2D eigenvalue weighted by molar-refractivity contribution is -0.150. The van der Waals surface area contributed by atoms with Gasteiger partial charge in [0.25, 0.3) is 11.8 Å². The summed E-state index contributed by atoms with van der Waals surface area (Å²) in [6, 6.07) is 10.9. The maximum absolute atomic E-state index is 12.9. The van der Waals surface area contributed by atoms with E-state index < -0.39 is 29.8 Å². The maximum atomic E-state index is 12.9. The molecule has 3 aromatic rings. The Morgan fingerprint density at radius 1 is 1.25 bits per heavy atom. The molecule has 2 aromatic carbocycles. The number of nitrogens with one attached hydrogen (secondary N) is 3. The summed E-state index contributed by atoms with van der Waals surface area (Å²) in [7, 11) is 0. The number of aliphatic hydroxyl groups excluding tert-OH is 1. The molecule has 6 N–H and O–H groups in total. The minimum Gasteiger partial charge on any atom is -0.408 e. The Labute approximate surface area is 187 Å². The zero-order valence-corrected chi connectivity index (χ0v) is 17.3. The summed E-state index contributed by atoms with van der Waals surface area (Å²) in [5, 5.41) is 20.3. The maximum Gasteiger partial charge on any atom is 0.417 e. The Bertz CT molecular complexity index is 1220. The summed E-state index contributed by atoms with van der Waals surface area (Å²) in [4.78, 5) is 40.6. The third kappa shape index (κ3) is 4.49. The highest BCUT2D eigenvalue weighted by atomic mass is 35.5. The van der Waals surface area contributed by atoms with Gasteiger partial charge in [0.05, 0.1) is 12.1 Å². The van der Waals surface area contributed by atoms with Gasteiger partial charge in [-0.1, -0.05) is 0 Å². The summed E-state index contributed by atoms with van der Waals surface area (Å²) < 4.78 is 10.4. The van der Waals surface area contributed by atoms with Gasteiger partial charge in [0.1, 0.15) is 5.84 Å². The first kappa shape index (κ1) is 23.0. The van der Waals surface area contributed by atoms with Gasteiger partial charge in [-0.3, -0.25) is 20.0 Å². The average Bonchev–Trinajstić information content (AvgIpc) is 3.13. The number of ether oxygens (including phenoxy) is 1. The standard InChI is InChI=1S/C20H19N5O6.ClH/c21-17(22)10-1-3-11(4-2-10)23-18(27)15(26)16-19(28)25(7-8-30-16)12-5-6-13-14(9-12)31-20(29)24-13;/h1-6,9,15-16,26H,7-8H2,(H3,21,22)(H,23,27)(H,24,29);1H/t15?,16-;/m1./s1. The summed E-state index contributed by atoms with van der Waals surface area (Å²) in [5.74, 6) is -2.14. The van der Waals surface area contributed by atoms with E-state index in [1.807, 2.05) is 0 Å². The van der Waals surface area contributed by atoms with E-state index in [1.54, 1.807) is 24.3 Å². The number of rotatable bonds is 5. The fourth-order valence-corrected chi connectivity index (χ4v) is 3.28. The number of carbonyl (C=O) groups is 2. The first-order chi connectivity index (χ1) is 14.8. The Morgan fingerprint density at radius 3 is 2.66 bits per heavy atom. The average molecular weight is 462 g/mol. The second-order valence-electron chi connectivity index (χ2n) is 6.90. The molecule has 4 rings (SSSR count). The van der Waals surface area contributed by atoms with Gasteiger partial charge in [-0.15, -0.1) is 12.4 Å². The molecule has 12 heteroatoms. The number of anilines is 2. The molecule has 0 bridgehead atoms. The van der Waals surface area contributed by atoms with Crippen molar-refractivity contribution in [3.63, 3.8) is 0 Å². The Hall–Kier alpha value is -3.67. The van der Waals surface area contributed by atoms with Crippen LogP contribution in [0.15, 0.2) is 51.7 Å². The van der Waals surface area contributed by atoms with Crippen LogP contribution in [0.1, 0.15) is 5.56 Å². The molecule has 0 saturated carbocycles. The molecule has 2 atom stereocenters. The lowest BCUT2D eigenvalue weighted by atomic mass is 10.1. The summed E-state index contributed by atoms with van der Waals surface area (Å²) >= 11 is 0. The number of nitrogens with zero attached hydrogens (tertiary/aromatic N) is 1. The van der Waals surface area contributed by atoms with Crippen LogP contribution in [-0.4, -0.2) is 53.1 Å². The lowest BCUT2D eigenvalue weighted by Crippen LogP contribution is -2.55. The van der Waals surface area contributed by atoms with Gasteiger partial charge in [0.2, 0.25) is 0 Å². The van der Waals surface area contributed by atoms with Gasteiger partial charge in [-0.2, -0.15) is 0 Å². The number of hydrogen-bond donors (Lipinski definition) is 5. The summed E-state index contributed by atoms with van der Waals surface area (Å²) in [5.41, 5.74) is 7.45. The highest BCUT2D eigenvalue weighted by Crippen LogP contribution is 2.24. The highest BCUT2D eigenvalue weighted by Gasteiger charge is 2.39. The van der Waals surface area contributed by atoms with Gasteiger partial charge in [-0.05, 0) is 36.4 Å². The van der Waals surface area contributed by atoms with Gasteiger partial charge in [0.15, 0.2) is 17.8 Å². The van der Waals surface area contributed by atoms with Gasteiger partial charge in [-0.25, -0.2) is 4.79 Å². The molecular weight excluding hydrogens is 442 g/mol. The van der Waals surface area contributed by atoms with Crippen molar-refractivity contribution in [2.75, 3.05) is 23.4 Å². The van der Waals surface area contributed by atoms with E-state index in [0.717, 1.165) is 0 Å². The summed E-state index contributed by atoms with van der Waals surface area (Å²) in [6.45, 7) is 0.305. The number of benzene rings is 2. The number of aliphatic hydroxyl groups is 1. The first-order valence-corrected chi connectivity index (χ1v) is 9.33. The molecule has 1 saturated heterocycles. The Balaban J connectivity index is 0.00000289. The number of nitrogen functional groups attached to an aromatic ring is 1. The van der Waals surface area contributed by atoms with Crippen molar-refractivity contribution < 1.29 is 23.8 Å². The number of amidine groups is 1. The van der Waals surface area contributed by atoms with Crippen LogP contribution in [0.2, 0.25) is 0 Å². The third-order valence-corrected chi connectivity index (χ3v) is 4.86. The molecule has 2 amide bonds. The second kappa shape index (κ2) is 9.22. The fraction of sp³-hybridized carbons (Fsp3) is 0.200. The van der Waals surface area contributed by atoms with Crippen LogP contribution in [0.25, 0.3) is 11.1 Å². The van der Waals surface area contributed by atoms with Crippen LogP contribution < -0.4 is 21.7 Å². The SMILES string of the molecule is Cl.N=C(N)c1ccc(NC(=O)C(O)[C@H]2OCCN(c3ccc4[nH]c(=O)oc4c3)C2=O)cc1. The van der Waals surface area contributed by atoms with E-state index >= 15 is 0 Å². The van der Waals surface area contributed by atoms with Crippen LogP contribution in [0.4, 0.5) is 11.4 Å². The predicted octanol–water partition coefficient (Wildman–Crippen LogP) is 0.558. The number of fused-ring (bicyclic) bond motifs is 1. The van der Waals surface area contributed by atoms with E-state index in [2.05, 4.69) is 10.3 Å². The summed E-state index contributed by atoms with van der Waals surface area (Å²) in [6.07, 6.45) is -3.16. The van der Waals surface area contributed by atoms with Crippen molar-refractivity contribution in [3.8, 4) is 0 Å². The number of oxazole rings is 1. The molecule has 0 aliphatic carbocycles. The number of morpholine rings is 1.